The van der Waals surface area contributed by atoms with Crippen LogP contribution in [0.25, 0.3) is 33.4 Å². The van der Waals surface area contributed by atoms with Crippen molar-refractivity contribution in [3.63, 3.8) is 0 Å². The van der Waals surface area contributed by atoms with Crippen LogP contribution in [0.4, 0.5) is 0 Å². The van der Waals surface area contributed by atoms with Gasteiger partial charge in [-0.05, 0) is 46.0 Å². The molecule has 0 heterocycles. The molecule has 0 aromatic heterocycles. The highest BCUT2D eigenvalue weighted by Crippen LogP contribution is 2.45. The maximum absolute atomic E-state index is 11.2. The molecular formula is C32H22O. The molecule has 5 rings (SSSR count). The summed E-state index contributed by atoms with van der Waals surface area (Å²) in [6.07, 6.45) is 0. The number of benzene rings is 5. The molecular weight excluding hydrogens is 400 g/mol. The third-order valence-corrected chi connectivity index (χ3v) is 5.62. The fraction of sp³-hybridized carbons (Fsp3) is 0. The normalized spacial score (nSPS) is 10.3. The molecule has 5 aromatic rings. The van der Waals surface area contributed by atoms with Crippen LogP contribution >= 0.6 is 0 Å². The van der Waals surface area contributed by atoms with E-state index in [9.17, 15) is 5.11 Å². The van der Waals surface area contributed by atoms with Crippen molar-refractivity contribution in [2.45, 2.75) is 0 Å². The molecule has 156 valence electrons. The van der Waals surface area contributed by atoms with Crippen molar-refractivity contribution in [2.75, 3.05) is 0 Å². The van der Waals surface area contributed by atoms with Gasteiger partial charge in [-0.15, -0.1) is 0 Å². The Morgan fingerprint density at radius 1 is 0.455 bits per heavy atom. The molecule has 0 bridgehead atoms. The molecule has 0 saturated carbocycles. The van der Waals surface area contributed by atoms with Crippen LogP contribution in [-0.4, -0.2) is 5.11 Å². The van der Waals surface area contributed by atoms with Crippen LogP contribution in [0.15, 0.2) is 127 Å². The molecule has 0 fully saturated rings. The Morgan fingerprint density at radius 2 is 0.909 bits per heavy atom. The van der Waals surface area contributed by atoms with Gasteiger partial charge in [0.15, 0.2) is 0 Å². The van der Waals surface area contributed by atoms with Gasteiger partial charge in [0.25, 0.3) is 0 Å². The van der Waals surface area contributed by atoms with Crippen LogP contribution in [-0.2, 0) is 0 Å². The van der Waals surface area contributed by atoms with Crippen LogP contribution in [0.5, 0.6) is 5.75 Å². The van der Waals surface area contributed by atoms with Gasteiger partial charge in [-0.25, -0.2) is 0 Å². The molecule has 1 N–H and O–H groups in total. The van der Waals surface area contributed by atoms with E-state index in [1.54, 1.807) is 0 Å². The van der Waals surface area contributed by atoms with Gasteiger partial charge >= 0.3 is 0 Å². The lowest BCUT2D eigenvalue weighted by Crippen LogP contribution is -1.95. The molecule has 0 amide bonds. The topological polar surface area (TPSA) is 20.2 Å². The molecule has 1 nitrogen and oxygen atoms in total. The number of hydrogen-bond donors (Lipinski definition) is 1. The van der Waals surface area contributed by atoms with E-state index < -0.39 is 0 Å². The minimum absolute atomic E-state index is 0.177. The largest absolute Gasteiger partial charge is 0.507 e. The van der Waals surface area contributed by atoms with Crippen molar-refractivity contribution < 1.29 is 5.11 Å². The molecule has 0 aliphatic heterocycles. The molecule has 1 heteroatoms. The van der Waals surface area contributed by atoms with E-state index in [1.807, 2.05) is 91.0 Å². The van der Waals surface area contributed by atoms with Crippen molar-refractivity contribution in [3.8, 4) is 51.0 Å². The first-order valence-electron chi connectivity index (χ1n) is 10.9. The van der Waals surface area contributed by atoms with Crippen LogP contribution in [0, 0.1) is 11.8 Å². The van der Waals surface area contributed by atoms with E-state index in [4.69, 9.17) is 0 Å². The molecule has 0 unspecified atom stereocenters. The highest BCUT2D eigenvalue weighted by Gasteiger charge is 2.20. The fourth-order valence-corrected chi connectivity index (χ4v) is 4.10. The zero-order valence-electron chi connectivity index (χ0n) is 18.1. The summed E-state index contributed by atoms with van der Waals surface area (Å²) in [5, 5.41) is 11.2. The van der Waals surface area contributed by atoms with E-state index in [1.165, 1.54) is 0 Å². The van der Waals surface area contributed by atoms with Crippen LogP contribution < -0.4 is 0 Å². The maximum Gasteiger partial charge on any atom is 0.132 e. The zero-order chi connectivity index (χ0) is 22.5. The van der Waals surface area contributed by atoms with Crippen molar-refractivity contribution in [1.82, 2.24) is 0 Å². The van der Waals surface area contributed by atoms with Gasteiger partial charge in [-0.3, -0.25) is 0 Å². The molecule has 5 aromatic carbocycles. The zero-order valence-corrected chi connectivity index (χ0v) is 18.1. The van der Waals surface area contributed by atoms with Gasteiger partial charge in [0.2, 0.25) is 0 Å². The molecule has 0 aliphatic carbocycles. The van der Waals surface area contributed by atoms with Crippen molar-refractivity contribution in [2.24, 2.45) is 0 Å². The SMILES string of the molecule is Oc1cc(-c2ccccc2)c(-c2ccccc2)c(-c2ccccc2)c1C#Cc1ccccc1. The molecule has 0 radical (unpaired) electrons. The molecule has 0 aliphatic rings. The lowest BCUT2D eigenvalue weighted by atomic mass is 9.84. The second kappa shape index (κ2) is 9.30. The quantitative estimate of drug-likeness (QED) is 0.294. The molecule has 0 saturated heterocycles. The summed E-state index contributed by atoms with van der Waals surface area (Å²) in [6, 6.07) is 42.4. The summed E-state index contributed by atoms with van der Waals surface area (Å²) in [4.78, 5) is 0. The summed E-state index contributed by atoms with van der Waals surface area (Å²) in [7, 11) is 0. The summed E-state index contributed by atoms with van der Waals surface area (Å²) in [5.74, 6) is 6.70. The lowest BCUT2D eigenvalue weighted by Gasteiger charge is -2.19. The maximum atomic E-state index is 11.2. The molecule has 0 spiro atoms. The number of hydrogen-bond acceptors (Lipinski definition) is 1. The predicted octanol–water partition coefficient (Wildman–Crippen LogP) is 7.79. The van der Waals surface area contributed by atoms with Gasteiger partial charge in [0, 0.05) is 11.1 Å². The second-order valence-electron chi connectivity index (χ2n) is 7.78. The third-order valence-electron chi connectivity index (χ3n) is 5.62. The van der Waals surface area contributed by atoms with Gasteiger partial charge in [0.05, 0.1) is 5.56 Å². The smallest absolute Gasteiger partial charge is 0.132 e. The summed E-state index contributed by atoms with van der Waals surface area (Å²) >= 11 is 0. The van der Waals surface area contributed by atoms with E-state index in [0.29, 0.717) is 5.56 Å². The Morgan fingerprint density at radius 3 is 1.45 bits per heavy atom. The highest BCUT2D eigenvalue weighted by molar-refractivity contribution is 5.98. The first kappa shape index (κ1) is 20.4. The predicted molar refractivity (Wildman–Crippen MR) is 137 cm³/mol. The Hall–Kier alpha value is -4.54. The summed E-state index contributed by atoms with van der Waals surface area (Å²) in [5.41, 5.74) is 7.65. The van der Waals surface area contributed by atoms with E-state index >= 15 is 0 Å². The van der Waals surface area contributed by atoms with E-state index in [2.05, 4.69) is 48.2 Å². The third kappa shape index (κ3) is 4.28. The number of rotatable bonds is 3. The standard InChI is InChI=1S/C32H22O/c33-30-23-29(25-15-7-2-8-16-25)32(27-19-11-4-12-20-27)31(26-17-9-3-10-18-26)28(30)22-21-24-13-5-1-6-14-24/h1-20,23,33H. The molecule has 33 heavy (non-hydrogen) atoms. The second-order valence-corrected chi connectivity index (χ2v) is 7.78. The van der Waals surface area contributed by atoms with Crippen molar-refractivity contribution in [1.29, 1.82) is 0 Å². The number of phenols is 1. The fourth-order valence-electron chi connectivity index (χ4n) is 4.10. The Labute approximate surface area is 194 Å². The lowest BCUT2D eigenvalue weighted by molar-refractivity contribution is 0.474. The Bertz CT molecular complexity index is 1430. The minimum atomic E-state index is 0.177. The molecule has 0 atom stereocenters. The van der Waals surface area contributed by atoms with Gasteiger partial charge in [-0.1, -0.05) is 121 Å². The summed E-state index contributed by atoms with van der Waals surface area (Å²) in [6.45, 7) is 0. The van der Waals surface area contributed by atoms with E-state index in [0.717, 1.165) is 38.9 Å². The Balaban J connectivity index is 1.87. The average Bonchev–Trinajstić information content (AvgIpc) is 2.89. The van der Waals surface area contributed by atoms with Gasteiger partial charge in [-0.2, -0.15) is 0 Å². The van der Waals surface area contributed by atoms with Crippen LogP contribution in [0.1, 0.15) is 11.1 Å². The number of aromatic hydroxyl groups is 1. The Kier molecular flexibility index (Phi) is 5.74. The van der Waals surface area contributed by atoms with Crippen LogP contribution in [0.3, 0.4) is 0 Å². The van der Waals surface area contributed by atoms with Crippen molar-refractivity contribution >= 4 is 0 Å². The first-order valence-corrected chi connectivity index (χ1v) is 10.9. The number of phenolic OH excluding ortho intramolecular Hbond substituents is 1. The first-order chi connectivity index (χ1) is 16.3. The monoisotopic (exact) mass is 422 g/mol. The average molecular weight is 423 g/mol. The van der Waals surface area contributed by atoms with E-state index in [-0.39, 0.29) is 5.75 Å². The highest BCUT2D eigenvalue weighted by atomic mass is 16.3. The minimum Gasteiger partial charge on any atom is -0.507 e. The van der Waals surface area contributed by atoms with Crippen LogP contribution in [0.2, 0.25) is 0 Å². The van der Waals surface area contributed by atoms with Crippen molar-refractivity contribution in [3.05, 3.63) is 139 Å². The van der Waals surface area contributed by atoms with Gasteiger partial charge < -0.3 is 5.11 Å². The van der Waals surface area contributed by atoms with Gasteiger partial charge in [0.1, 0.15) is 5.75 Å². The summed E-state index contributed by atoms with van der Waals surface area (Å²) < 4.78 is 0.